The molecule has 0 saturated heterocycles. The van der Waals surface area contributed by atoms with Gasteiger partial charge in [0, 0.05) is 14.0 Å². The number of nitriles is 1. The van der Waals surface area contributed by atoms with Gasteiger partial charge in [-0.05, 0) is 24.3 Å². The van der Waals surface area contributed by atoms with Crippen molar-refractivity contribution in [2.45, 2.75) is 0 Å². The Bertz CT molecular complexity index is 1120. The second-order valence-electron chi connectivity index (χ2n) is 5.46. The Hall–Kier alpha value is -4.05. The Balaban J connectivity index is 0.00000140. The molecule has 0 amide bonds. The van der Waals surface area contributed by atoms with E-state index in [4.69, 9.17) is 15.4 Å². The second-order valence-corrected chi connectivity index (χ2v) is 5.46. The smallest absolute Gasteiger partial charge is 0.270 e. The van der Waals surface area contributed by atoms with E-state index in [1.165, 1.54) is 0 Å². The van der Waals surface area contributed by atoms with Gasteiger partial charge in [0.25, 0.3) is 5.89 Å². The second kappa shape index (κ2) is 6.45. The average Bonchev–Trinajstić information content (AvgIpc) is 3.19. The summed E-state index contributed by atoms with van der Waals surface area (Å²) in [5.41, 5.74) is 8.90. The largest absolute Gasteiger partial charge is 0.414 e. The highest BCUT2D eigenvalue weighted by molar-refractivity contribution is 5.69. The minimum atomic E-state index is 0. The van der Waals surface area contributed by atoms with Crippen LogP contribution in [0.5, 0.6) is 0 Å². The quantitative estimate of drug-likeness (QED) is 0.601. The molecule has 0 aliphatic carbocycles. The van der Waals surface area contributed by atoms with Crippen LogP contribution in [-0.4, -0.2) is 20.2 Å². The van der Waals surface area contributed by atoms with E-state index in [-0.39, 0.29) is 14.6 Å². The first-order valence-corrected chi connectivity index (χ1v) is 7.77. The highest BCUT2D eigenvalue weighted by Crippen LogP contribution is 2.27. The van der Waals surface area contributed by atoms with E-state index >= 15 is 0 Å². The lowest BCUT2D eigenvalue weighted by molar-refractivity contribution is 0.582. The number of hydrogen-bond acceptors (Lipinski definition) is 7. The number of rotatable bonds is 3. The third-order valence-electron chi connectivity index (χ3n) is 3.74. The maximum Gasteiger partial charge on any atom is 0.270 e. The summed E-state index contributed by atoms with van der Waals surface area (Å²) in [6, 6.07) is 18.6. The van der Waals surface area contributed by atoms with Gasteiger partial charge in [-0.3, -0.25) is 0 Å². The summed E-state index contributed by atoms with van der Waals surface area (Å²) in [5.74, 6) is 0.749. The van der Waals surface area contributed by atoms with Gasteiger partial charge in [0.2, 0.25) is 5.89 Å². The Morgan fingerprint density at radius 1 is 0.962 bits per heavy atom. The fraction of sp³-hybridized carbons (Fsp3) is 0. The van der Waals surface area contributed by atoms with Gasteiger partial charge < -0.3 is 10.2 Å². The van der Waals surface area contributed by atoms with E-state index in [0.29, 0.717) is 22.8 Å². The number of nitrogen functional groups attached to an aromatic ring is 1. The van der Waals surface area contributed by atoms with Crippen molar-refractivity contribution in [3.8, 4) is 40.4 Å². The van der Waals surface area contributed by atoms with Gasteiger partial charge in [0.1, 0.15) is 0 Å². The molecule has 2 heterocycles. The first-order valence-electron chi connectivity index (χ1n) is 7.77. The molecule has 0 aliphatic heterocycles. The number of hydrogen-bond donors (Lipinski definition) is 1. The lowest BCUT2D eigenvalue weighted by Crippen LogP contribution is -1.99. The topological polar surface area (TPSA) is 115 Å². The average molecular weight is 344 g/mol. The molecule has 7 heteroatoms. The van der Waals surface area contributed by atoms with Gasteiger partial charge in [0.05, 0.1) is 23.5 Å². The summed E-state index contributed by atoms with van der Waals surface area (Å²) in [6.07, 6.45) is 1.55. The molecule has 0 unspecified atom stereocenters. The minimum Gasteiger partial charge on any atom is -0.414 e. The van der Waals surface area contributed by atoms with Gasteiger partial charge >= 0.3 is 0 Å². The lowest BCUT2D eigenvalue weighted by atomic mass is 10.1. The molecule has 26 heavy (non-hydrogen) atoms. The molecule has 128 valence electrons. The molecule has 4 rings (SSSR count). The number of benzene rings is 2. The third-order valence-corrected chi connectivity index (χ3v) is 3.74. The predicted molar refractivity (Wildman–Crippen MR) is 99.6 cm³/mol. The zero-order valence-electron chi connectivity index (χ0n) is 13.5. The molecule has 0 spiro atoms. The number of anilines is 1. The maximum absolute atomic E-state index is 9.06. The molecule has 0 fully saturated rings. The van der Waals surface area contributed by atoms with Crippen LogP contribution in [0.2, 0.25) is 0 Å². The molecule has 0 saturated carbocycles. The zero-order chi connectivity index (χ0) is 17.9. The van der Waals surface area contributed by atoms with Crippen molar-refractivity contribution in [1.29, 1.82) is 5.26 Å². The van der Waals surface area contributed by atoms with Crippen LogP contribution in [0.3, 0.4) is 0 Å². The normalized spacial score (nSPS) is 10.4. The van der Waals surface area contributed by atoms with Crippen molar-refractivity contribution in [1.82, 2.24) is 20.2 Å². The van der Waals surface area contributed by atoms with E-state index < -0.39 is 0 Å². The molecule has 4 aromatic rings. The van der Waals surface area contributed by atoms with Gasteiger partial charge in [-0.25, -0.2) is 9.97 Å². The van der Waals surface area contributed by atoms with Crippen LogP contribution >= 0.6 is 0 Å². The summed E-state index contributed by atoms with van der Waals surface area (Å²) >= 11 is 0. The molecule has 7 nitrogen and oxygen atoms in total. The van der Waals surface area contributed by atoms with Crippen LogP contribution in [-0.2, 0) is 0 Å². The van der Waals surface area contributed by atoms with Crippen molar-refractivity contribution in [3.05, 3.63) is 66.4 Å². The highest BCUT2D eigenvalue weighted by Gasteiger charge is 2.16. The molecule has 2 aromatic carbocycles. The number of nitrogens with zero attached hydrogens (tertiary/aromatic N) is 5. The number of aromatic nitrogens is 4. The van der Waals surface area contributed by atoms with E-state index in [1.807, 2.05) is 36.4 Å². The summed E-state index contributed by atoms with van der Waals surface area (Å²) in [4.78, 5) is 8.68. The highest BCUT2D eigenvalue weighted by atomic mass is 16.4. The summed E-state index contributed by atoms with van der Waals surface area (Å²) in [5, 5.41) is 17.1. The minimum absolute atomic E-state index is 0. The molecule has 0 radical (unpaired) electrons. The standard InChI is InChI=1S/C19H12N6O.2H2/c20-10-12-5-4-8-14(9-12)15-11-22-17(21)16(23-15)19-25-24-18(26-19)13-6-2-1-3-7-13;;/h1-9,11H,(H2,21,22);2*1H. The third kappa shape index (κ3) is 2.87. The predicted octanol–water partition coefficient (Wildman–Crippen LogP) is 3.81. The maximum atomic E-state index is 9.06. The summed E-state index contributed by atoms with van der Waals surface area (Å²) in [6.45, 7) is 0. The van der Waals surface area contributed by atoms with Crippen LogP contribution in [0.1, 0.15) is 8.42 Å². The molecule has 0 atom stereocenters. The van der Waals surface area contributed by atoms with E-state index in [2.05, 4.69) is 26.2 Å². The van der Waals surface area contributed by atoms with Crippen LogP contribution in [0, 0.1) is 11.3 Å². The van der Waals surface area contributed by atoms with Crippen LogP contribution < -0.4 is 5.73 Å². The first kappa shape index (κ1) is 15.5. The fourth-order valence-corrected chi connectivity index (χ4v) is 2.46. The number of nitrogens with two attached hydrogens (primary N) is 1. The Kier molecular flexibility index (Phi) is 3.84. The van der Waals surface area contributed by atoms with Crippen molar-refractivity contribution in [2.75, 3.05) is 5.73 Å². The zero-order valence-corrected chi connectivity index (χ0v) is 13.5. The van der Waals surface area contributed by atoms with Crippen LogP contribution in [0.4, 0.5) is 5.82 Å². The van der Waals surface area contributed by atoms with Gasteiger partial charge in [0.15, 0.2) is 11.5 Å². The fourth-order valence-electron chi connectivity index (χ4n) is 2.46. The SMILES string of the molecule is N#Cc1cccc(-c2cnc(N)c(-c3nnc(-c4ccccc4)o3)n2)c1.[HH].[HH]. The van der Waals surface area contributed by atoms with Crippen LogP contribution in [0.25, 0.3) is 34.3 Å². The van der Waals surface area contributed by atoms with Crippen molar-refractivity contribution < 1.29 is 7.27 Å². The Morgan fingerprint density at radius 2 is 1.73 bits per heavy atom. The summed E-state index contributed by atoms with van der Waals surface area (Å²) < 4.78 is 5.72. The first-order chi connectivity index (χ1) is 12.7. The van der Waals surface area contributed by atoms with Gasteiger partial charge in [-0.15, -0.1) is 10.2 Å². The molecule has 2 N–H and O–H groups in total. The van der Waals surface area contributed by atoms with E-state index in [1.54, 1.807) is 24.4 Å². The molecule has 0 bridgehead atoms. The molecular weight excluding hydrogens is 328 g/mol. The van der Waals surface area contributed by atoms with Crippen molar-refractivity contribution in [2.24, 2.45) is 0 Å². The Morgan fingerprint density at radius 3 is 2.54 bits per heavy atom. The van der Waals surface area contributed by atoms with Crippen LogP contribution in [0.15, 0.2) is 65.2 Å². The molecular formula is C19H16N6O. The Labute approximate surface area is 151 Å². The lowest BCUT2D eigenvalue weighted by Gasteiger charge is -2.04. The molecule has 2 aromatic heterocycles. The van der Waals surface area contributed by atoms with E-state index in [9.17, 15) is 0 Å². The monoisotopic (exact) mass is 344 g/mol. The van der Waals surface area contributed by atoms with Crippen molar-refractivity contribution in [3.63, 3.8) is 0 Å². The van der Waals surface area contributed by atoms with Gasteiger partial charge in [-0.2, -0.15) is 5.26 Å². The summed E-state index contributed by atoms with van der Waals surface area (Å²) in [7, 11) is 0. The van der Waals surface area contributed by atoms with E-state index in [0.717, 1.165) is 11.1 Å². The van der Waals surface area contributed by atoms with Gasteiger partial charge in [-0.1, -0.05) is 30.3 Å². The molecule has 0 aliphatic rings. The van der Waals surface area contributed by atoms with Crippen molar-refractivity contribution >= 4 is 5.82 Å².